The number of benzene rings is 1. The summed E-state index contributed by atoms with van der Waals surface area (Å²) in [4.78, 5) is 10.2. The van der Waals surface area contributed by atoms with Gasteiger partial charge in [-0.1, -0.05) is 19.1 Å². The molecule has 0 saturated heterocycles. The van der Waals surface area contributed by atoms with Crippen LogP contribution < -0.4 is 5.73 Å². The lowest BCUT2D eigenvalue weighted by molar-refractivity contribution is -0.384. The van der Waals surface area contributed by atoms with E-state index in [4.69, 9.17) is 5.73 Å². The van der Waals surface area contributed by atoms with E-state index in [0.717, 1.165) is 30.5 Å². The molecule has 106 valence electrons. The topological polar surface area (TPSA) is 87.0 Å². The number of nitrogens with zero attached hydrogens (tertiary/aromatic N) is 3. The van der Waals surface area contributed by atoms with Crippen LogP contribution in [0.2, 0.25) is 0 Å². The number of non-ortho nitro benzene ring substituents is 1. The van der Waals surface area contributed by atoms with Crippen LogP contribution in [0.25, 0.3) is 0 Å². The molecule has 6 heteroatoms. The number of nitro groups is 1. The van der Waals surface area contributed by atoms with E-state index < -0.39 is 4.92 Å². The highest BCUT2D eigenvalue weighted by Gasteiger charge is 2.07. The Morgan fingerprint density at radius 1 is 1.40 bits per heavy atom. The minimum absolute atomic E-state index is 0.0307. The van der Waals surface area contributed by atoms with Crippen LogP contribution in [0.5, 0.6) is 0 Å². The molecule has 1 aromatic heterocycles. The van der Waals surface area contributed by atoms with Gasteiger partial charge in [-0.3, -0.25) is 14.8 Å². The molecule has 1 heterocycles. The van der Waals surface area contributed by atoms with Crippen LogP contribution in [-0.4, -0.2) is 14.7 Å². The largest absolute Gasteiger partial charge is 0.324 e. The summed E-state index contributed by atoms with van der Waals surface area (Å²) in [7, 11) is 0. The van der Waals surface area contributed by atoms with Gasteiger partial charge >= 0.3 is 0 Å². The van der Waals surface area contributed by atoms with E-state index in [0.29, 0.717) is 0 Å². The molecule has 0 bridgehead atoms. The van der Waals surface area contributed by atoms with Crippen LogP contribution in [0.1, 0.15) is 30.5 Å². The molecule has 0 aliphatic rings. The third kappa shape index (κ3) is 3.42. The van der Waals surface area contributed by atoms with Crippen molar-refractivity contribution in [3.63, 3.8) is 0 Å². The Balaban J connectivity index is 1.94. The van der Waals surface area contributed by atoms with Crippen LogP contribution in [-0.2, 0) is 13.0 Å². The summed E-state index contributed by atoms with van der Waals surface area (Å²) in [5, 5.41) is 14.8. The number of aromatic nitrogens is 2. The van der Waals surface area contributed by atoms with E-state index in [2.05, 4.69) is 5.10 Å². The van der Waals surface area contributed by atoms with Gasteiger partial charge in [0.05, 0.1) is 11.1 Å². The lowest BCUT2D eigenvalue weighted by Crippen LogP contribution is -2.07. The fourth-order valence-corrected chi connectivity index (χ4v) is 1.96. The quantitative estimate of drug-likeness (QED) is 0.647. The first kappa shape index (κ1) is 14.2. The molecule has 2 aromatic rings. The molecule has 2 rings (SSSR count). The molecule has 1 unspecified atom stereocenters. The molecule has 0 fully saturated rings. The summed E-state index contributed by atoms with van der Waals surface area (Å²) in [6.07, 6.45) is 5.41. The van der Waals surface area contributed by atoms with Crippen molar-refractivity contribution in [3.8, 4) is 0 Å². The normalized spacial score (nSPS) is 12.3. The van der Waals surface area contributed by atoms with E-state index in [9.17, 15) is 10.1 Å². The highest BCUT2D eigenvalue weighted by molar-refractivity contribution is 5.32. The first-order chi connectivity index (χ1) is 9.60. The molecule has 6 nitrogen and oxygen atoms in total. The Bertz CT molecular complexity index is 577. The highest BCUT2D eigenvalue weighted by Crippen LogP contribution is 2.14. The Hall–Kier alpha value is -2.21. The van der Waals surface area contributed by atoms with Gasteiger partial charge in [-0.2, -0.15) is 5.10 Å². The Labute approximate surface area is 117 Å². The van der Waals surface area contributed by atoms with Crippen LogP contribution in [0, 0.1) is 10.1 Å². The predicted molar refractivity (Wildman–Crippen MR) is 76.2 cm³/mol. The molecule has 0 amide bonds. The van der Waals surface area contributed by atoms with Gasteiger partial charge in [0.2, 0.25) is 0 Å². The van der Waals surface area contributed by atoms with Gasteiger partial charge in [-0.25, -0.2) is 0 Å². The van der Waals surface area contributed by atoms with Crippen LogP contribution in [0.3, 0.4) is 0 Å². The van der Waals surface area contributed by atoms with Gasteiger partial charge < -0.3 is 5.73 Å². The Morgan fingerprint density at radius 2 is 2.10 bits per heavy atom. The summed E-state index contributed by atoms with van der Waals surface area (Å²) >= 11 is 0. The SMILES string of the molecule is CCC(N)c1cnn(CCc2ccc([N+](=O)[O-])cc2)c1. The van der Waals surface area contributed by atoms with Crippen molar-refractivity contribution >= 4 is 5.69 Å². The predicted octanol–water partition coefficient (Wildman–Crippen LogP) is 2.44. The molecule has 0 aliphatic heterocycles. The van der Waals surface area contributed by atoms with Crippen molar-refractivity contribution in [2.24, 2.45) is 5.73 Å². The minimum atomic E-state index is -0.393. The highest BCUT2D eigenvalue weighted by atomic mass is 16.6. The molecule has 2 N–H and O–H groups in total. The third-order valence-electron chi connectivity index (χ3n) is 3.30. The van der Waals surface area contributed by atoms with Crippen LogP contribution >= 0.6 is 0 Å². The number of hydrogen-bond donors (Lipinski definition) is 1. The fraction of sp³-hybridized carbons (Fsp3) is 0.357. The molecule has 1 atom stereocenters. The van der Waals surface area contributed by atoms with Gasteiger partial charge in [0.1, 0.15) is 0 Å². The molecule has 1 aromatic carbocycles. The summed E-state index contributed by atoms with van der Waals surface area (Å²) in [5.41, 5.74) is 8.14. The van der Waals surface area contributed by atoms with Crippen LogP contribution in [0.4, 0.5) is 5.69 Å². The minimum Gasteiger partial charge on any atom is -0.324 e. The third-order valence-corrected chi connectivity index (χ3v) is 3.30. The molecule has 0 aliphatic carbocycles. The van der Waals surface area contributed by atoms with Crippen molar-refractivity contribution in [1.29, 1.82) is 0 Å². The van der Waals surface area contributed by atoms with Gasteiger partial charge in [-0.15, -0.1) is 0 Å². The van der Waals surface area contributed by atoms with Crippen molar-refractivity contribution in [2.75, 3.05) is 0 Å². The standard InChI is InChI=1S/C14H18N4O2/c1-2-14(15)12-9-16-17(10-12)8-7-11-3-5-13(6-4-11)18(19)20/h3-6,9-10,14H,2,7-8,15H2,1H3. The summed E-state index contributed by atoms with van der Waals surface area (Å²) in [5.74, 6) is 0. The van der Waals surface area contributed by atoms with E-state index in [1.165, 1.54) is 12.1 Å². The molecular formula is C14H18N4O2. The van der Waals surface area contributed by atoms with Crippen molar-refractivity contribution in [3.05, 3.63) is 57.9 Å². The van der Waals surface area contributed by atoms with Gasteiger partial charge in [0.15, 0.2) is 0 Å². The maximum absolute atomic E-state index is 10.6. The average Bonchev–Trinajstić information content (AvgIpc) is 2.93. The smallest absolute Gasteiger partial charge is 0.269 e. The molecule has 0 saturated carbocycles. The van der Waals surface area contributed by atoms with Gasteiger partial charge in [0.25, 0.3) is 5.69 Å². The number of aryl methyl sites for hydroxylation is 2. The second-order valence-electron chi connectivity index (χ2n) is 4.73. The second-order valence-corrected chi connectivity index (χ2v) is 4.73. The Morgan fingerprint density at radius 3 is 2.70 bits per heavy atom. The summed E-state index contributed by atoms with van der Waals surface area (Å²) < 4.78 is 1.85. The molecule has 20 heavy (non-hydrogen) atoms. The maximum Gasteiger partial charge on any atom is 0.269 e. The summed E-state index contributed by atoms with van der Waals surface area (Å²) in [6.45, 7) is 2.77. The first-order valence-corrected chi connectivity index (χ1v) is 6.61. The molecule has 0 radical (unpaired) electrons. The number of rotatable bonds is 6. The number of nitro benzene ring substituents is 1. The zero-order valence-electron chi connectivity index (χ0n) is 11.4. The van der Waals surface area contributed by atoms with Crippen molar-refractivity contribution < 1.29 is 4.92 Å². The Kier molecular flexibility index (Phi) is 4.47. The molecular weight excluding hydrogens is 256 g/mol. The van der Waals surface area contributed by atoms with Crippen molar-refractivity contribution in [1.82, 2.24) is 9.78 Å². The lowest BCUT2D eigenvalue weighted by atomic mass is 10.1. The van der Waals surface area contributed by atoms with E-state index in [1.54, 1.807) is 18.3 Å². The average molecular weight is 274 g/mol. The first-order valence-electron chi connectivity index (χ1n) is 6.61. The van der Waals surface area contributed by atoms with Gasteiger partial charge in [0, 0.05) is 36.5 Å². The summed E-state index contributed by atoms with van der Waals surface area (Å²) in [6, 6.07) is 6.64. The number of hydrogen-bond acceptors (Lipinski definition) is 4. The zero-order chi connectivity index (χ0) is 14.5. The van der Waals surface area contributed by atoms with Crippen molar-refractivity contribution in [2.45, 2.75) is 32.4 Å². The van der Waals surface area contributed by atoms with E-state index in [1.807, 2.05) is 17.8 Å². The van der Waals surface area contributed by atoms with E-state index >= 15 is 0 Å². The monoisotopic (exact) mass is 274 g/mol. The lowest BCUT2D eigenvalue weighted by Gasteiger charge is -2.04. The number of nitrogens with two attached hydrogens (primary N) is 1. The molecule has 0 spiro atoms. The van der Waals surface area contributed by atoms with E-state index in [-0.39, 0.29) is 11.7 Å². The fourth-order valence-electron chi connectivity index (χ4n) is 1.96. The second kappa shape index (κ2) is 6.29. The van der Waals surface area contributed by atoms with Gasteiger partial charge in [-0.05, 0) is 18.4 Å². The van der Waals surface area contributed by atoms with Crippen LogP contribution in [0.15, 0.2) is 36.7 Å². The zero-order valence-corrected chi connectivity index (χ0v) is 11.4. The maximum atomic E-state index is 10.6.